The molecule has 0 aliphatic rings. The zero-order chi connectivity index (χ0) is 10.8. The lowest BCUT2D eigenvalue weighted by atomic mass is 10.8. The van der Waals surface area contributed by atoms with Gasteiger partial charge in [0.25, 0.3) is 0 Å². The zero-order valence-corrected chi connectivity index (χ0v) is 9.17. The highest BCUT2D eigenvalue weighted by molar-refractivity contribution is 7.99. The molecule has 0 saturated carbocycles. The molecule has 2 aromatic rings. The van der Waals surface area contributed by atoms with Crippen molar-refractivity contribution in [3.8, 4) is 0 Å². The summed E-state index contributed by atoms with van der Waals surface area (Å²) in [6.45, 7) is 1.80. The van der Waals surface area contributed by atoms with Gasteiger partial charge in [-0.3, -0.25) is 5.10 Å². The molecule has 0 spiro atoms. The van der Waals surface area contributed by atoms with E-state index >= 15 is 0 Å². The van der Waals surface area contributed by atoms with Crippen LogP contribution in [0.2, 0.25) is 5.28 Å². The molecule has 0 bridgehead atoms. The summed E-state index contributed by atoms with van der Waals surface area (Å²) in [5, 5.41) is 7.54. The van der Waals surface area contributed by atoms with Crippen molar-refractivity contribution < 1.29 is 0 Å². The minimum atomic E-state index is 0.0530. The first-order valence-electron chi connectivity index (χ1n) is 3.87. The largest absolute Gasteiger partial charge is 0.368 e. The maximum absolute atomic E-state index is 5.62. The third-order valence-corrected chi connectivity index (χ3v) is 2.26. The van der Waals surface area contributed by atoms with Crippen molar-refractivity contribution >= 4 is 29.3 Å². The van der Waals surface area contributed by atoms with Gasteiger partial charge in [-0.2, -0.15) is 15.0 Å². The molecular formula is C6H6ClN7S. The standard InChI is InChI=1S/C6H6ClN7S/c1-2-9-6(14-13-2)15-5-11-3(7)10-4(8)12-5/h1H3,(H,9,13,14)(H2,8,10,11,12). The van der Waals surface area contributed by atoms with Crippen molar-refractivity contribution in [1.29, 1.82) is 0 Å². The number of halogens is 1. The van der Waals surface area contributed by atoms with E-state index in [1.807, 2.05) is 0 Å². The molecule has 78 valence electrons. The molecule has 0 unspecified atom stereocenters. The van der Waals surface area contributed by atoms with Crippen LogP contribution < -0.4 is 5.73 Å². The van der Waals surface area contributed by atoms with Crippen LogP contribution in [-0.4, -0.2) is 30.1 Å². The van der Waals surface area contributed by atoms with E-state index < -0.39 is 0 Å². The van der Waals surface area contributed by atoms with Crippen LogP contribution in [0.1, 0.15) is 5.82 Å². The van der Waals surface area contributed by atoms with Gasteiger partial charge >= 0.3 is 0 Å². The van der Waals surface area contributed by atoms with Crippen molar-refractivity contribution in [2.24, 2.45) is 0 Å². The fourth-order valence-corrected chi connectivity index (χ4v) is 1.77. The molecule has 0 radical (unpaired) electrons. The lowest BCUT2D eigenvalue weighted by Gasteiger charge is -1.96. The quantitative estimate of drug-likeness (QED) is 0.799. The smallest absolute Gasteiger partial charge is 0.228 e. The molecule has 0 fully saturated rings. The number of nitrogens with zero attached hydrogens (tertiary/aromatic N) is 5. The molecule has 2 aromatic heterocycles. The Morgan fingerprint density at radius 3 is 2.60 bits per heavy atom. The first-order chi connectivity index (χ1) is 7.13. The van der Waals surface area contributed by atoms with Crippen LogP contribution in [0.3, 0.4) is 0 Å². The molecule has 15 heavy (non-hydrogen) atoms. The Labute approximate surface area is 93.9 Å². The van der Waals surface area contributed by atoms with E-state index in [1.54, 1.807) is 6.92 Å². The number of H-pyrrole nitrogens is 1. The van der Waals surface area contributed by atoms with Crippen LogP contribution in [0, 0.1) is 6.92 Å². The van der Waals surface area contributed by atoms with Gasteiger partial charge in [0, 0.05) is 0 Å². The predicted octanol–water partition coefficient (Wildman–Crippen LogP) is 0.685. The van der Waals surface area contributed by atoms with Gasteiger partial charge in [0.05, 0.1) is 0 Å². The molecular weight excluding hydrogens is 238 g/mol. The van der Waals surface area contributed by atoms with E-state index in [0.717, 1.165) is 11.8 Å². The lowest BCUT2D eigenvalue weighted by molar-refractivity contribution is 0.901. The number of aromatic nitrogens is 6. The summed E-state index contributed by atoms with van der Waals surface area (Å²) in [7, 11) is 0. The van der Waals surface area contributed by atoms with Crippen molar-refractivity contribution in [2.45, 2.75) is 17.2 Å². The fraction of sp³-hybridized carbons (Fsp3) is 0.167. The zero-order valence-electron chi connectivity index (χ0n) is 7.60. The summed E-state index contributed by atoms with van der Waals surface area (Å²) in [6, 6.07) is 0. The third kappa shape index (κ3) is 2.54. The second-order valence-electron chi connectivity index (χ2n) is 2.55. The van der Waals surface area contributed by atoms with Crippen molar-refractivity contribution in [2.75, 3.05) is 5.73 Å². The normalized spacial score (nSPS) is 10.5. The average molecular weight is 244 g/mol. The number of anilines is 1. The summed E-state index contributed by atoms with van der Waals surface area (Å²) < 4.78 is 0. The molecule has 0 atom stereocenters. The van der Waals surface area contributed by atoms with Gasteiger partial charge in [-0.1, -0.05) is 0 Å². The van der Waals surface area contributed by atoms with Crippen molar-refractivity contribution in [1.82, 2.24) is 30.1 Å². The van der Waals surface area contributed by atoms with Gasteiger partial charge in [0.1, 0.15) is 5.82 Å². The summed E-state index contributed by atoms with van der Waals surface area (Å²) in [5.41, 5.74) is 5.41. The molecule has 7 nitrogen and oxygen atoms in total. The van der Waals surface area contributed by atoms with Gasteiger partial charge in [-0.05, 0) is 30.3 Å². The molecule has 2 heterocycles. The van der Waals surface area contributed by atoms with E-state index in [9.17, 15) is 0 Å². The number of aromatic amines is 1. The van der Waals surface area contributed by atoms with Gasteiger partial charge < -0.3 is 5.73 Å². The third-order valence-electron chi connectivity index (χ3n) is 1.36. The SMILES string of the molecule is Cc1nc(Sc2nc(N)nc(Cl)n2)n[nH]1. The van der Waals surface area contributed by atoms with Gasteiger partial charge in [-0.15, -0.1) is 5.10 Å². The van der Waals surface area contributed by atoms with Crippen LogP contribution in [-0.2, 0) is 0 Å². The first-order valence-corrected chi connectivity index (χ1v) is 5.07. The highest BCUT2D eigenvalue weighted by atomic mass is 35.5. The minimum Gasteiger partial charge on any atom is -0.368 e. The number of aryl methyl sites for hydroxylation is 1. The Balaban J connectivity index is 2.24. The Bertz CT molecular complexity index is 464. The van der Waals surface area contributed by atoms with Crippen LogP contribution in [0.25, 0.3) is 0 Å². The Morgan fingerprint density at radius 1 is 1.20 bits per heavy atom. The predicted molar refractivity (Wildman–Crippen MR) is 54.5 cm³/mol. The number of hydrogen-bond acceptors (Lipinski definition) is 7. The van der Waals surface area contributed by atoms with Gasteiger partial charge in [0.2, 0.25) is 21.5 Å². The molecule has 0 saturated heterocycles. The lowest BCUT2D eigenvalue weighted by Crippen LogP contribution is -1.99. The molecule has 9 heteroatoms. The average Bonchev–Trinajstić information content (AvgIpc) is 2.49. The first kappa shape index (κ1) is 10.1. The number of nitrogens with one attached hydrogen (secondary N) is 1. The summed E-state index contributed by atoms with van der Waals surface area (Å²) >= 11 is 6.77. The van der Waals surface area contributed by atoms with Gasteiger partial charge in [0.15, 0.2) is 0 Å². The van der Waals surface area contributed by atoms with E-state index in [0.29, 0.717) is 16.1 Å². The molecule has 0 aliphatic heterocycles. The molecule has 2 rings (SSSR count). The molecule has 3 N–H and O–H groups in total. The van der Waals surface area contributed by atoms with E-state index in [4.69, 9.17) is 17.3 Å². The monoisotopic (exact) mass is 243 g/mol. The summed E-state index contributed by atoms with van der Waals surface area (Å²) in [5.74, 6) is 0.787. The highest BCUT2D eigenvalue weighted by Crippen LogP contribution is 2.21. The topological polar surface area (TPSA) is 106 Å². The van der Waals surface area contributed by atoms with Crippen molar-refractivity contribution in [3.05, 3.63) is 11.1 Å². The van der Waals surface area contributed by atoms with Crippen LogP contribution >= 0.6 is 23.4 Å². The fourth-order valence-electron chi connectivity index (χ4n) is 0.842. The van der Waals surface area contributed by atoms with Crippen LogP contribution in [0.5, 0.6) is 0 Å². The molecule has 0 aromatic carbocycles. The second-order valence-corrected chi connectivity index (χ2v) is 3.82. The van der Waals surface area contributed by atoms with E-state index in [2.05, 4.69) is 30.1 Å². The molecule has 0 aliphatic carbocycles. The van der Waals surface area contributed by atoms with Gasteiger partial charge in [-0.25, -0.2) is 4.98 Å². The highest BCUT2D eigenvalue weighted by Gasteiger charge is 2.07. The van der Waals surface area contributed by atoms with E-state index in [1.165, 1.54) is 0 Å². The Kier molecular flexibility index (Phi) is 2.69. The minimum absolute atomic E-state index is 0.0530. The maximum Gasteiger partial charge on any atom is 0.228 e. The van der Waals surface area contributed by atoms with Crippen LogP contribution in [0.15, 0.2) is 10.3 Å². The summed E-state index contributed by atoms with van der Waals surface area (Å²) in [4.78, 5) is 15.5. The number of rotatable bonds is 2. The number of nitrogens with two attached hydrogens (primary N) is 1. The Morgan fingerprint density at radius 2 is 2.00 bits per heavy atom. The maximum atomic E-state index is 5.62. The van der Waals surface area contributed by atoms with Crippen LogP contribution in [0.4, 0.5) is 5.95 Å². The second kappa shape index (κ2) is 3.99. The Hall–Kier alpha value is -1.41. The number of hydrogen-bond donors (Lipinski definition) is 2. The number of nitrogen functional groups attached to an aromatic ring is 1. The summed E-state index contributed by atoms with van der Waals surface area (Å²) in [6.07, 6.45) is 0. The van der Waals surface area contributed by atoms with Crippen molar-refractivity contribution in [3.63, 3.8) is 0 Å². The molecule has 0 amide bonds. The van der Waals surface area contributed by atoms with E-state index in [-0.39, 0.29) is 11.2 Å².